The van der Waals surface area contributed by atoms with Crippen LogP contribution in [0.5, 0.6) is 0 Å². The van der Waals surface area contributed by atoms with E-state index in [1.807, 2.05) is 20.8 Å². The highest BCUT2D eigenvalue weighted by molar-refractivity contribution is 5.81. The number of carbonyl (C=O) groups excluding carboxylic acids is 1. The molecule has 0 spiro atoms. The topological polar surface area (TPSA) is 42.4 Å². The third-order valence-electron chi connectivity index (χ3n) is 2.84. The van der Waals surface area contributed by atoms with Gasteiger partial charge in [0.05, 0.1) is 18.5 Å². The summed E-state index contributed by atoms with van der Waals surface area (Å²) >= 11 is 0. The highest BCUT2D eigenvalue weighted by Crippen LogP contribution is 2.32. The molecule has 0 radical (unpaired) electrons. The molecule has 5 heteroatoms. The van der Waals surface area contributed by atoms with E-state index in [9.17, 15) is 9.18 Å². The minimum Gasteiger partial charge on any atom is -0.272 e. The predicted molar refractivity (Wildman–Crippen MR) is 63.8 cm³/mol. The molecule has 1 aromatic heterocycles. The molecule has 0 aromatic carbocycles. The van der Waals surface area contributed by atoms with Crippen molar-refractivity contribution in [2.75, 3.05) is 6.61 Å². The zero-order chi connectivity index (χ0) is 13.3. The molecular formula is C13H17FN2O2. The molecule has 1 fully saturated rings. The molecule has 98 valence electrons. The van der Waals surface area contributed by atoms with E-state index in [1.54, 1.807) is 6.07 Å². The van der Waals surface area contributed by atoms with Gasteiger partial charge < -0.3 is 0 Å². The molecule has 1 atom stereocenters. The summed E-state index contributed by atoms with van der Waals surface area (Å²) in [6.07, 6.45) is 1.84. The molecule has 0 N–H and O–H groups in total. The Hall–Kier alpha value is -1.49. The van der Waals surface area contributed by atoms with E-state index in [-0.39, 0.29) is 17.8 Å². The first-order valence-corrected chi connectivity index (χ1v) is 5.97. The Morgan fingerprint density at radius 1 is 1.50 bits per heavy atom. The Morgan fingerprint density at radius 3 is 2.78 bits per heavy atom. The largest absolute Gasteiger partial charge is 0.272 e. The van der Waals surface area contributed by atoms with Gasteiger partial charge in [-0.2, -0.15) is 0 Å². The predicted octanol–water partition coefficient (Wildman–Crippen LogP) is 2.47. The van der Waals surface area contributed by atoms with E-state index < -0.39 is 5.41 Å². The smallest absolute Gasteiger partial charge is 0.252 e. The zero-order valence-corrected chi connectivity index (χ0v) is 10.8. The number of halogens is 1. The Balaban J connectivity index is 2.22. The van der Waals surface area contributed by atoms with E-state index in [2.05, 4.69) is 4.98 Å². The van der Waals surface area contributed by atoms with E-state index in [4.69, 9.17) is 4.84 Å². The summed E-state index contributed by atoms with van der Waals surface area (Å²) in [6, 6.07) is 2.72. The van der Waals surface area contributed by atoms with E-state index in [0.717, 1.165) is 6.20 Å². The molecule has 18 heavy (non-hydrogen) atoms. The third kappa shape index (κ3) is 2.51. The fraction of sp³-hybridized carbons (Fsp3) is 0.538. The summed E-state index contributed by atoms with van der Waals surface area (Å²) in [5.41, 5.74) is 0.148. The Bertz CT molecular complexity index is 439. The lowest BCUT2D eigenvalue weighted by atomic mass is 9.94. The second-order valence-electron chi connectivity index (χ2n) is 5.42. The van der Waals surface area contributed by atoms with Crippen LogP contribution in [0, 0.1) is 11.2 Å². The normalized spacial score (nSPS) is 20.2. The Kier molecular flexibility index (Phi) is 3.34. The van der Waals surface area contributed by atoms with Crippen LogP contribution in [0.3, 0.4) is 0 Å². The van der Waals surface area contributed by atoms with Gasteiger partial charge in [0.15, 0.2) is 0 Å². The van der Waals surface area contributed by atoms with Gasteiger partial charge in [-0.1, -0.05) is 20.8 Å². The molecule has 1 aromatic rings. The average Bonchev–Trinajstić information content (AvgIpc) is 2.76. The summed E-state index contributed by atoms with van der Waals surface area (Å²) in [5.74, 6) is -0.470. The fourth-order valence-corrected chi connectivity index (χ4v) is 1.85. The molecule has 0 unspecified atom stereocenters. The summed E-state index contributed by atoms with van der Waals surface area (Å²) in [7, 11) is 0. The van der Waals surface area contributed by atoms with Crippen molar-refractivity contribution in [2.24, 2.45) is 5.41 Å². The molecule has 1 aliphatic heterocycles. The van der Waals surface area contributed by atoms with Crippen LogP contribution in [0.1, 0.15) is 38.9 Å². The lowest BCUT2D eigenvalue weighted by molar-refractivity contribution is -0.186. The molecule has 0 bridgehead atoms. The molecule has 2 heterocycles. The Labute approximate surface area is 106 Å². The molecule has 0 saturated carbocycles. The van der Waals surface area contributed by atoms with Crippen LogP contribution in [-0.2, 0) is 9.63 Å². The molecule has 1 aliphatic rings. The molecule has 2 rings (SSSR count). The van der Waals surface area contributed by atoms with Crippen LogP contribution in [0.25, 0.3) is 0 Å². The zero-order valence-electron chi connectivity index (χ0n) is 10.8. The summed E-state index contributed by atoms with van der Waals surface area (Å²) in [4.78, 5) is 21.6. The maximum atomic E-state index is 12.8. The lowest BCUT2D eigenvalue weighted by Crippen LogP contribution is -2.38. The number of amides is 1. The van der Waals surface area contributed by atoms with E-state index in [1.165, 1.54) is 11.1 Å². The number of pyridine rings is 1. The van der Waals surface area contributed by atoms with Crippen LogP contribution in [0.2, 0.25) is 0 Å². The van der Waals surface area contributed by atoms with Crippen LogP contribution >= 0.6 is 0 Å². The van der Waals surface area contributed by atoms with Crippen molar-refractivity contribution < 1.29 is 14.0 Å². The number of hydroxylamine groups is 2. The van der Waals surface area contributed by atoms with Gasteiger partial charge in [-0.05, 0) is 12.1 Å². The van der Waals surface area contributed by atoms with Gasteiger partial charge in [0, 0.05) is 11.8 Å². The monoisotopic (exact) mass is 252 g/mol. The van der Waals surface area contributed by atoms with Gasteiger partial charge in [0.2, 0.25) is 0 Å². The number of aromatic nitrogens is 1. The van der Waals surface area contributed by atoms with Crippen LogP contribution in [-0.4, -0.2) is 22.6 Å². The summed E-state index contributed by atoms with van der Waals surface area (Å²) in [5, 5.41) is 1.38. The third-order valence-corrected chi connectivity index (χ3v) is 2.84. The highest BCUT2D eigenvalue weighted by atomic mass is 19.1. The van der Waals surface area contributed by atoms with Crippen LogP contribution in [0.15, 0.2) is 18.3 Å². The summed E-state index contributed by atoms with van der Waals surface area (Å²) < 4.78 is 12.8. The van der Waals surface area contributed by atoms with Crippen molar-refractivity contribution in [1.82, 2.24) is 10.0 Å². The van der Waals surface area contributed by atoms with Gasteiger partial charge in [-0.15, -0.1) is 0 Å². The maximum Gasteiger partial charge on any atom is 0.252 e. The van der Waals surface area contributed by atoms with Crippen molar-refractivity contribution in [1.29, 1.82) is 0 Å². The van der Waals surface area contributed by atoms with E-state index >= 15 is 0 Å². The standard InChI is InChI=1S/C13H17FN2O2/c1-13(2,3)12(17)16-11(6-7-18-16)10-5-4-9(14)8-15-10/h4-5,8,11H,6-7H2,1-3H3/t11-/m0/s1. The molecule has 1 amide bonds. The highest BCUT2D eigenvalue weighted by Gasteiger charge is 2.37. The first kappa shape index (κ1) is 13.0. The van der Waals surface area contributed by atoms with Gasteiger partial charge in [-0.25, -0.2) is 9.45 Å². The number of hydrogen-bond acceptors (Lipinski definition) is 3. The van der Waals surface area contributed by atoms with E-state index in [0.29, 0.717) is 18.7 Å². The quantitative estimate of drug-likeness (QED) is 0.771. The second kappa shape index (κ2) is 4.65. The molecular weight excluding hydrogens is 235 g/mol. The van der Waals surface area contributed by atoms with Crippen LogP contribution < -0.4 is 0 Å². The molecule has 1 saturated heterocycles. The lowest BCUT2D eigenvalue weighted by Gasteiger charge is -2.28. The van der Waals surface area contributed by atoms with Crippen molar-refractivity contribution in [2.45, 2.75) is 33.2 Å². The van der Waals surface area contributed by atoms with Crippen molar-refractivity contribution in [3.05, 3.63) is 29.8 Å². The number of rotatable bonds is 1. The Morgan fingerprint density at radius 2 is 2.22 bits per heavy atom. The van der Waals surface area contributed by atoms with Gasteiger partial charge in [0.1, 0.15) is 11.9 Å². The number of carbonyl (C=O) groups is 1. The second-order valence-corrected chi connectivity index (χ2v) is 5.42. The fourth-order valence-electron chi connectivity index (χ4n) is 1.85. The number of hydrogen-bond donors (Lipinski definition) is 0. The van der Waals surface area contributed by atoms with Gasteiger partial charge in [0.25, 0.3) is 5.91 Å². The van der Waals surface area contributed by atoms with Gasteiger partial charge in [-0.3, -0.25) is 14.6 Å². The average molecular weight is 252 g/mol. The maximum absolute atomic E-state index is 12.8. The van der Waals surface area contributed by atoms with Gasteiger partial charge >= 0.3 is 0 Å². The molecule has 0 aliphatic carbocycles. The molecule has 4 nitrogen and oxygen atoms in total. The van der Waals surface area contributed by atoms with Crippen molar-refractivity contribution in [3.63, 3.8) is 0 Å². The SMILES string of the molecule is CC(C)(C)C(=O)N1OCC[C@H]1c1ccc(F)cn1. The summed E-state index contributed by atoms with van der Waals surface area (Å²) in [6.45, 7) is 6.00. The van der Waals surface area contributed by atoms with Crippen molar-refractivity contribution in [3.8, 4) is 0 Å². The number of nitrogens with zero attached hydrogens (tertiary/aromatic N) is 2. The first-order valence-electron chi connectivity index (χ1n) is 5.97. The minimum atomic E-state index is -0.511. The first-order chi connectivity index (χ1) is 8.39. The van der Waals surface area contributed by atoms with Crippen LogP contribution in [0.4, 0.5) is 4.39 Å². The minimum absolute atomic E-state index is 0.0869. The van der Waals surface area contributed by atoms with Crippen molar-refractivity contribution >= 4 is 5.91 Å².